The molecule has 0 amide bonds. The summed E-state index contributed by atoms with van der Waals surface area (Å²) < 4.78 is 12.3. The van der Waals surface area contributed by atoms with E-state index in [1.165, 1.54) is 19.3 Å². The molecule has 3 rings (SSSR count). The summed E-state index contributed by atoms with van der Waals surface area (Å²) in [6.07, 6.45) is 10.0. The fourth-order valence-corrected chi connectivity index (χ4v) is 4.95. The first-order valence-electron chi connectivity index (χ1n) is 10.2. The molecule has 0 bridgehead atoms. The van der Waals surface area contributed by atoms with Crippen LogP contribution in [0.2, 0.25) is 0 Å². The summed E-state index contributed by atoms with van der Waals surface area (Å²) in [6.45, 7) is 7.96. The second kappa shape index (κ2) is 7.67. The Labute approximate surface area is 152 Å². The van der Waals surface area contributed by atoms with E-state index in [2.05, 4.69) is 26.8 Å². The molecule has 1 spiro atoms. The highest BCUT2D eigenvalue weighted by molar-refractivity contribution is 5.07. The van der Waals surface area contributed by atoms with E-state index in [4.69, 9.17) is 9.47 Å². The lowest BCUT2D eigenvalue weighted by Crippen LogP contribution is -2.47. The molecule has 0 aromatic rings. The molecule has 25 heavy (non-hydrogen) atoms. The van der Waals surface area contributed by atoms with Crippen LogP contribution in [0.25, 0.3) is 0 Å². The second-order valence-corrected chi connectivity index (χ2v) is 9.28. The van der Waals surface area contributed by atoms with Crippen molar-refractivity contribution in [3.8, 4) is 0 Å². The van der Waals surface area contributed by atoms with Crippen LogP contribution in [-0.4, -0.2) is 41.4 Å². The van der Waals surface area contributed by atoms with E-state index >= 15 is 0 Å². The van der Waals surface area contributed by atoms with Crippen molar-refractivity contribution in [3.63, 3.8) is 0 Å². The summed E-state index contributed by atoms with van der Waals surface area (Å²) in [5.74, 6) is 0.109. The standard InChI is InChI=1S/C21H36O4/c1-4-5-6-7-8-9-17(22)19-16-12-21(11-15(16)10-18(19)23)24-13-20(2,3)14-25-21/h8-9,15-19,22-23H,4-7,10-14H2,1-3H3/b9-8+/t15-,16+,17-,18+,19+/m1/s1. The molecule has 0 unspecified atom stereocenters. The third-order valence-corrected chi connectivity index (χ3v) is 6.36. The largest absolute Gasteiger partial charge is 0.393 e. The van der Waals surface area contributed by atoms with Gasteiger partial charge in [0, 0.05) is 24.2 Å². The van der Waals surface area contributed by atoms with Gasteiger partial charge in [-0.3, -0.25) is 0 Å². The molecule has 2 saturated carbocycles. The predicted molar refractivity (Wildman–Crippen MR) is 98.0 cm³/mol. The highest BCUT2D eigenvalue weighted by Crippen LogP contribution is 2.55. The van der Waals surface area contributed by atoms with Crippen molar-refractivity contribution in [1.82, 2.24) is 0 Å². The zero-order valence-corrected chi connectivity index (χ0v) is 16.1. The lowest BCUT2D eigenvalue weighted by molar-refractivity contribution is -0.298. The van der Waals surface area contributed by atoms with Crippen molar-refractivity contribution < 1.29 is 19.7 Å². The third kappa shape index (κ3) is 4.29. The Balaban J connectivity index is 1.59. The fourth-order valence-electron chi connectivity index (χ4n) is 4.95. The number of aliphatic hydroxyl groups excluding tert-OH is 2. The van der Waals surface area contributed by atoms with E-state index in [-0.39, 0.29) is 17.3 Å². The summed E-state index contributed by atoms with van der Waals surface area (Å²) in [6, 6.07) is 0. The van der Waals surface area contributed by atoms with Crippen molar-refractivity contribution in [1.29, 1.82) is 0 Å². The Morgan fingerprint density at radius 2 is 1.88 bits per heavy atom. The molecule has 0 radical (unpaired) electrons. The number of hydrogen-bond donors (Lipinski definition) is 2. The van der Waals surface area contributed by atoms with Crippen LogP contribution in [0.3, 0.4) is 0 Å². The van der Waals surface area contributed by atoms with E-state index in [1.54, 1.807) is 0 Å². The average molecular weight is 353 g/mol. The number of unbranched alkanes of at least 4 members (excludes halogenated alkanes) is 3. The molecule has 3 fully saturated rings. The summed E-state index contributed by atoms with van der Waals surface area (Å²) in [7, 11) is 0. The van der Waals surface area contributed by atoms with Gasteiger partial charge < -0.3 is 19.7 Å². The van der Waals surface area contributed by atoms with Crippen LogP contribution < -0.4 is 0 Å². The smallest absolute Gasteiger partial charge is 0.168 e. The van der Waals surface area contributed by atoms with Crippen molar-refractivity contribution >= 4 is 0 Å². The zero-order chi connectivity index (χ0) is 18.1. The van der Waals surface area contributed by atoms with Gasteiger partial charge in [0.25, 0.3) is 0 Å². The van der Waals surface area contributed by atoms with Crippen molar-refractivity contribution in [2.75, 3.05) is 13.2 Å². The molecule has 4 heteroatoms. The molecule has 144 valence electrons. The lowest BCUT2D eigenvalue weighted by Gasteiger charge is -2.42. The van der Waals surface area contributed by atoms with Crippen LogP contribution in [-0.2, 0) is 9.47 Å². The minimum atomic E-state index is -0.568. The Kier molecular flexibility index (Phi) is 5.94. The zero-order valence-electron chi connectivity index (χ0n) is 16.1. The van der Waals surface area contributed by atoms with Crippen LogP contribution >= 0.6 is 0 Å². The van der Waals surface area contributed by atoms with Crippen LogP contribution in [0, 0.1) is 23.2 Å². The highest BCUT2D eigenvalue weighted by Gasteiger charge is 2.58. The maximum Gasteiger partial charge on any atom is 0.168 e. The van der Waals surface area contributed by atoms with Gasteiger partial charge in [-0.2, -0.15) is 0 Å². The van der Waals surface area contributed by atoms with Gasteiger partial charge in [-0.25, -0.2) is 0 Å². The van der Waals surface area contributed by atoms with E-state index in [0.717, 1.165) is 38.9 Å². The first-order chi connectivity index (χ1) is 11.9. The monoisotopic (exact) mass is 352 g/mol. The molecule has 0 aromatic heterocycles. The van der Waals surface area contributed by atoms with Gasteiger partial charge in [0.15, 0.2) is 5.79 Å². The van der Waals surface area contributed by atoms with Crippen molar-refractivity contribution in [2.45, 2.75) is 83.7 Å². The van der Waals surface area contributed by atoms with Gasteiger partial charge in [0.1, 0.15) is 0 Å². The SMILES string of the molecule is CCCCC/C=C/[C@@H](O)[C@@H]1[C@H]2CC3(C[C@H]2C[C@@H]1O)OCC(C)(C)CO3. The van der Waals surface area contributed by atoms with E-state index in [0.29, 0.717) is 5.92 Å². The quantitative estimate of drug-likeness (QED) is 0.566. The molecular weight excluding hydrogens is 316 g/mol. The van der Waals surface area contributed by atoms with Gasteiger partial charge in [-0.15, -0.1) is 0 Å². The maximum atomic E-state index is 10.7. The number of aliphatic hydroxyl groups is 2. The molecule has 2 aliphatic carbocycles. The van der Waals surface area contributed by atoms with Gasteiger partial charge in [0.05, 0.1) is 25.4 Å². The Hall–Kier alpha value is -0.420. The Bertz CT molecular complexity index is 463. The second-order valence-electron chi connectivity index (χ2n) is 9.28. The number of rotatable bonds is 6. The van der Waals surface area contributed by atoms with Crippen LogP contribution in [0.4, 0.5) is 0 Å². The van der Waals surface area contributed by atoms with Gasteiger partial charge >= 0.3 is 0 Å². The summed E-state index contributed by atoms with van der Waals surface area (Å²) >= 11 is 0. The highest BCUT2D eigenvalue weighted by atomic mass is 16.7. The van der Waals surface area contributed by atoms with Gasteiger partial charge in [-0.1, -0.05) is 45.8 Å². The average Bonchev–Trinajstić information content (AvgIpc) is 3.03. The fraction of sp³-hybridized carbons (Fsp3) is 0.905. The molecule has 5 atom stereocenters. The summed E-state index contributed by atoms with van der Waals surface area (Å²) in [5, 5.41) is 21.2. The number of hydrogen-bond acceptors (Lipinski definition) is 4. The van der Waals surface area contributed by atoms with E-state index in [1.807, 2.05) is 6.08 Å². The molecule has 1 heterocycles. The van der Waals surface area contributed by atoms with Crippen molar-refractivity contribution in [2.24, 2.45) is 23.2 Å². The maximum absolute atomic E-state index is 10.7. The normalized spacial score (nSPS) is 37.6. The molecule has 3 aliphatic rings. The van der Waals surface area contributed by atoms with Gasteiger partial charge in [0.2, 0.25) is 0 Å². The lowest BCUT2D eigenvalue weighted by atomic mass is 9.86. The van der Waals surface area contributed by atoms with Crippen LogP contribution in [0.1, 0.15) is 65.7 Å². The summed E-state index contributed by atoms with van der Waals surface area (Å²) in [5.41, 5.74) is 0.0720. The minimum absolute atomic E-state index is 0.0720. The first-order valence-corrected chi connectivity index (χ1v) is 10.2. The molecule has 1 saturated heterocycles. The molecule has 2 N–H and O–H groups in total. The molecular formula is C21H36O4. The molecule has 0 aromatic carbocycles. The Morgan fingerprint density at radius 3 is 2.56 bits per heavy atom. The predicted octanol–water partition coefficient (Wildman–Crippen LogP) is 3.66. The Morgan fingerprint density at radius 1 is 1.16 bits per heavy atom. The first kappa shape index (κ1) is 19.3. The van der Waals surface area contributed by atoms with Crippen LogP contribution in [0.15, 0.2) is 12.2 Å². The van der Waals surface area contributed by atoms with Gasteiger partial charge in [-0.05, 0) is 31.1 Å². The van der Waals surface area contributed by atoms with Crippen LogP contribution in [0.5, 0.6) is 0 Å². The minimum Gasteiger partial charge on any atom is -0.393 e. The van der Waals surface area contributed by atoms with Crippen molar-refractivity contribution in [3.05, 3.63) is 12.2 Å². The number of allylic oxidation sites excluding steroid dienone is 1. The van der Waals surface area contributed by atoms with E-state index in [9.17, 15) is 10.2 Å². The number of ether oxygens (including phenoxy) is 2. The molecule has 1 aliphatic heterocycles. The topological polar surface area (TPSA) is 58.9 Å². The number of fused-ring (bicyclic) bond motifs is 1. The third-order valence-electron chi connectivity index (χ3n) is 6.36. The molecule has 4 nitrogen and oxygen atoms in total. The summed E-state index contributed by atoms with van der Waals surface area (Å²) in [4.78, 5) is 0. The van der Waals surface area contributed by atoms with E-state index < -0.39 is 18.0 Å².